The number of rotatable bonds is 6. The number of fused-ring (bicyclic) bond motifs is 9. The first kappa shape index (κ1) is 63.5. The van der Waals surface area contributed by atoms with Crippen LogP contribution < -0.4 is 26.8 Å². The SMILES string of the molecule is CC(C)(C)OC(=O)NN(C(=O)C1C(=O)[C@@]2(C)CC[C@@H]1C2(C)C)c1ccc(F)cc1F.CC(C)(C)OC(=O)NNc1ccc(F)cc1F.CC1(C)[C@H]2CC[C@]1(C)C(=O)C2C(=O)O.CC1(C)[C@H]2CC[C@]1(C)c1[nH]n(-c3ccc(F)cc3F)c(=O)c12. The summed E-state index contributed by atoms with van der Waals surface area (Å²) in [6.07, 6.45) is 3.36. The molecule has 6 aliphatic rings. The molecule has 2 unspecified atom stereocenters. The minimum atomic E-state index is -1.04. The number of anilines is 2. The van der Waals surface area contributed by atoms with Crippen LogP contribution in [-0.2, 0) is 34.1 Å². The number of aromatic nitrogens is 2. The van der Waals surface area contributed by atoms with Crippen LogP contribution in [0.2, 0.25) is 0 Å². The summed E-state index contributed by atoms with van der Waals surface area (Å²) in [7, 11) is 0. The van der Waals surface area contributed by atoms with Gasteiger partial charge < -0.3 is 14.6 Å². The van der Waals surface area contributed by atoms with Gasteiger partial charge in [-0.25, -0.2) is 56.5 Å². The zero-order chi connectivity index (χ0) is 62.3. The lowest BCUT2D eigenvalue weighted by molar-refractivity contribution is -0.149. The van der Waals surface area contributed by atoms with Crippen molar-refractivity contribution in [2.45, 2.75) is 165 Å². The molecule has 5 N–H and O–H groups in total. The van der Waals surface area contributed by atoms with Gasteiger partial charge in [-0.1, -0.05) is 62.3 Å². The maximum absolute atomic E-state index is 14.5. The number of ketones is 2. The molecule has 22 heteroatoms. The number of aliphatic carboxylic acids is 1. The van der Waals surface area contributed by atoms with Gasteiger partial charge in [0.05, 0.1) is 5.69 Å². The number of H-pyrrole nitrogens is 1. The number of amides is 3. The van der Waals surface area contributed by atoms with Crippen LogP contribution in [0.25, 0.3) is 5.69 Å². The first-order valence-corrected chi connectivity index (χ1v) is 27.7. The highest BCUT2D eigenvalue weighted by Crippen LogP contribution is 2.68. The molecule has 83 heavy (non-hydrogen) atoms. The highest BCUT2D eigenvalue weighted by Gasteiger charge is 2.70. The van der Waals surface area contributed by atoms with Crippen molar-refractivity contribution in [3.8, 4) is 5.69 Å². The number of Topliss-reactive ketones (excluding diaryl/α,β-unsaturated/α-hetero) is 2. The molecule has 6 bridgehead atoms. The number of carbonyl (C=O) groups is 6. The van der Waals surface area contributed by atoms with Crippen LogP contribution in [-0.4, -0.2) is 61.7 Å². The van der Waals surface area contributed by atoms with Crippen molar-refractivity contribution in [3.05, 3.63) is 111 Å². The number of nitrogens with zero attached hydrogens (tertiary/aromatic N) is 2. The fourth-order valence-corrected chi connectivity index (χ4v) is 13.7. The number of carbonyl (C=O) groups excluding carboxylic acids is 5. The fraction of sp³-hybridized carbons (Fsp3) is 0.557. The summed E-state index contributed by atoms with van der Waals surface area (Å²) in [5.41, 5.74) is 4.64. The lowest BCUT2D eigenvalue weighted by Crippen LogP contribution is -2.53. The number of nitrogens with one attached hydrogen (secondary N) is 4. The molecule has 8 atom stereocenters. The zero-order valence-corrected chi connectivity index (χ0v) is 49.6. The second-order valence-corrected chi connectivity index (χ2v) is 27.0. The molecular weight excluding hydrogens is 1090 g/mol. The molecule has 10 rings (SSSR count). The molecule has 0 saturated heterocycles. The Bertz CT molecular complexity index is 3330. The zero-order valence-electron chi connectivity index (χ0n) is 49.6. The van der Waals surface area contributed by atoms with Gasteiger partial charge in [-0.15, -0.1) is 0 Å². The van der Waals surface area contributed by atoms with E-state index in [9.17, 15) is 59.9 Å². The molecule has 3 aromatic carbocycles. The van der Waals surface area contributed by atoms with Crippen molar-refractivity contribution in [3.63, 3.8) is 0 Å². The van der Waals surface area contributed by atoms with Crippen molar-refractivity contribution < 1.29 is 69.7 Å². The highest BCUT2D eigenvalue weighted by atomic mass is 19.2. The third-order valence-electron chi connectivity index (χ3n) is 19.4. The van der Waals surface area contributed by atoms with Gasteiger partial charge >= 0.3 is 18.2 Å². The normalized spacial score (nSPS) is 27.0. The van der Waals surface area contributed by atoms with E-state index in [1.807, 2.05) is 41.5 Å². The lowest BCUT2D eigenvalue weighted by Gasteiger charge is -2.34. The molecule has 0 aliphatic heterocycles. The summed E-state index contributed by atoms with van der Waals surface area (Å²) in [4.78, 5) is 86.0. The summed E-state index contributed by atoms with van der Waals surface area (Å²) < 4.78 is 92.1. The molecule has 0 radical (unpaired) electrons. The van der Waals surface area contributed by atoms with Gasteiger partial charge in [-0.2, -0.15) is 0 Å². The number of aromatic amines is 1. The van der Waals surface area contributed by atoms with E-state index in [-0.39, 0.29) is 68.2 Å². The van der Waals surface area contributed by atoms with Gasteiger partial charge in [0.25, 0.3) is 11.5 Å². The minimum Gasteiger partial charge on any atom is -0.481 e. The Kier molecular flexibility index (Phi) is 16.7. The molecule has 16 nitrogen and oxygen atoms in total. The second kappa shape index (κ2) is 21.8. The Hall–Kier alpha value is -7.13. The first-order valence-electron chi connectivity index (χ1n) is 27.7. The number of halogens is 6. The van der Waals surface area contributed by atoms with E-state index in [0.29, 0.717) is 30.0 Å². The topological polar surface area (TPSA) is 218 Å². The standard InChI is InChI=1S/C22H28F2N2O4.C17H18F2N2O.C11H14F2N2O2.C11H16O3/c1-20(2,3)30-19(29)25-26(15-8-7-12(23)11-14(15)24)18(28)16-13-9-10-22(6,17(16)27)21(13,4)5;1-16(2)10-6-7-17(16,3)14-13(10)15(22)21(20-14)12-5-4-9(18)8-11(12)19;1-11(2,3)17-10(16)15-14-9-5-4-7(12)6-8(9)13;1-10(2)6-4-5-11(10,3)8(12)7(6)9(13)14/h7-8,11,13,16H,9-10H2,1-6H3,(H,25,29);4-5,8,10,20H,6-7H2,1-3H3;4-6,14H,1-3H3,(H,15,16);6-7H,4-5H2,1-3H3,(H,13,14)/t13-,16?,22+;10-,17+;;6-,7?,11+/m00.0/s1. The summed E-state index contributed by atoms with van der Waals surface area (Å²) in [5.74, 6) is -8.49. The number of hydrazine groups is 2. The van der Waals surface area contributed by atoms with Gasteiger partial charge in [-0.05, 0) is 150 Å². The fourth-order valence-electron chi connectivity index (χ4n) is 13.7. The molecule has 4 aromatic rings. The van der Waals surface area contributed by atoms with Gasteiger partial charge in [0.2, 0.25) is 0 Å². The van der Waals surface area contributed by atoms with Crippen LogP contribution in [0.5, 0.6) is 0 Å². The minimum absolute atomic E-state index is 0.0216. The van der Waals surface area contributed by atoms with Crippen LogP contribution >= 0.6 is 0 Å². The predicted octanol–water partition coefficient (Wildman–Crippen LogP) is 12.5. The van der Waals surface area contributed by atoms with Gasteiger partial charge in [0.15, 0.2) is 29.0 Å². The summed E-state index contributed by atoms with van der Waals surface area (Å²) in [6, 6.07) is 8.84. The average molecular weight is 1170 g/mol. The summed E-state index contributed by atoms with van der Waals surface area (Å²) in [6.45, 7) is 28.3. The number of ether oxygens (including phenoxy) is 2. The molecule has 3 amide bonds. The molecule has 5 saturated carbocycles. The third kappa shape index (κ3) is 11.3. The van der Waals surface area contributed by atoms with Crippen molar-refractivity contribution in [2.75, 3.05) is 10.4 Å². The van der Waals surface area contributed by atoms with E-state index in [1.54, 1.807) is 41.5 Å². The van der Waals surface area contributed by atoms with E-state index in [2.05, 4.69) is 42.1 Å². The predicted molar refractivity (Wildman–Crippen MR) is 296 cm³/mol. The lowest BCUT2D eigenvalue weighted by atomic mass is 9.70. The number of hydrogen-bond donors (Lipinski definition) is 5. The number of benzene rings is 3. The molecule has 0 spiro atoms. The average Bonchev–Trinajstić information content (AvgIpc) is 1.59. The highest BCUT2D eigenvalue weighted by molar-refractivity contribution is 6.13. The maximum Gasteiger partial charge on any atom is 0.427 e. The molecule has 1 heterocycles. The number of carboxylic acid groups (broad SMARTS) is 1. The molecule has 452 valence electrons. The Morgan fingerprint density at radius 1 is 0.614 bits per heavy atom. The van der Waals surface area contributed by atoms with Gasteiger partial charge in [-0.3, -0.25) is 34.5 Å². The van der Waals surface area contributed by atoms with Crippen LogP contribution in [0.3, 0.4) is 0 Å². The third-order valence-corrected chi connectivity index (χ3v) is 19.4. The van der Waals surface area contributed by atoms with Gasteiger partial charge in [0.1, 0.15) is 51.9 Å². The Labute approximate surface area is 478 Å². The van der Waals surface area contributed by atoms with Crippen molar-refractivity contribution in [2.24, 2.45) is 50.7 Å². The summed E-state index contributed by atoms with van der Waals surface area (Å²) >= 11 is 0. The Balaban J connectivity index is 0.000000166. The van der Waals surface area contributed by atoms with Crippen molar-refractivity contribution in [1.82, 2.24) is 20.6 Å². The Morgan fingerprint density at radius 3 is 1.53 bits per heavy atom. The smallest absolute Gasteiger partial charge is 0.427 e. The van der Waals surface area contributed by atoms with Crippen molar-refractivity contribution in [1.29, 1.82) is 0 Å². The van der Waals surface area contributed by atoms with Gasteiger partial charge in [0, 0.05) is 45.7 Å². The van der Waals surface area contributed by atoms with Crippen LogP contribution in [0, 0.1) is 85.6 Å². The van der Waals surface area contributed by atoms with Crippen molar-refractivity contribution >= 4 is 47.0 Å². The van der Waals surface area contributed by atoms with E-state index in [1.165, 1.54) is 16.8 Å². The molecule has 1 aromatic heterocycles. The van der Waals surface area contributed by atoms with Crippen LogP contribution in [0.4, 0.5) is 47.3 Å². The molecular formula is C61H76F6N6O10. The monoisotopic (exact) mass is 1170 g/mol. The largest absolute Gasteiger partial charge is 0.481 e. The summed E-state index contributed by atoms with van der Waals surface area (Å²) in [5, 5.41) is 12.8. The second-order valence-electron chi connectivity index (χ2n) is 27.0. The Morgan fingerprint density at radius 2 is 1.08 bits per heavy atom. The van der Waals surface area contributed by atoms with Crippen LogP contribution in [0.1, 0.15) is 160 Å². The van der Waals surface area contributed by atoms with E-state index < -0.39 is 98.2 Å². The quantitative estimate of drug-likeness (QED) is 0.0695. The molecule has 6 aliphatic carbocycles. The van der Waals surface area contributed by atoms with Crippen LogP contribution in [0.15, 0.2) is 59.4 Å². The van der Waals surface area contributed by atoms with E-state index >= 15 is 0 Å². The van der Waals surface area contributed by atoms with E-state index in [4.69, 9.17) is 14.6 Å². The van der Waals surface area contributed by atoms with E-state index in [0.717, 1.165) is 67.3 Å². The number of carboxylic acids is 1. The number of hydrogen-bond acceptors (Lipinski definition) is 10. The molecule has 5 fully saturated rings. The maximum atomic E-state index is 14.5. The first-order chi connectivity index (χ1) is 38.1.